The van der Waals surface area contributed by atoms with Crippen LogP contribution in [0.3, 0.4) is 0 Å². The van der Waals surface area contributed by atoms with E-state index in [9.17, 15) is 18.7 Å². The molecule has 112 valence electrons. The Labute approximate surface area is 117 Å². The van der Waals surface area contributed by atoms with Crippen LogP contribution in [0.25, 0.3) is 0 Å². The Morgan fingerprint density at radius 2 is 1.80 bits per heavy atom. The van der Waals surface area contributed by atoms with Crippen molar-refractivity contribution in [3.8, 4) is 0 Å². The van der Waals surface area contributed by atoms with Gasteiger partial charge in [0.25, 0.3) is 0 Å². The molecule has 0 saturated carbocycles. The van der Waals surface area contributed by atoms with Crippen LogP contribution in [0.15, 0.2) is 18.2 Å². The van der Waals surface area contributed by atoms with Crippen molar-refractivity contribution in [2.75, 3.05) is 0 Å². The zero-order chi connectivity index (χ0) is 15.7. The highest BCUT2D eigenvalue weighted by atomic mass is 19.1. The molecule has 0 aromatic heterocycles. The van der Waals surface area contributed by atoms with Crippen LogP contribution >= 0.6 is 0 Å². The normalized spacial score (nSPS) is 16.4. The van der Waals surface area contributed by atoms with Crippen LogP contribution in [0.2, 0.25) is 0 Å². The predicted molar refractivity (Wildman–Crippen MR) is 70.9 cm³/mol. The summed E-state index contributed by atoms with van der Waals surface area (Å²) in [7, 11) is 0. The number of hydrogen-bond acceptors (Lipinski definition) is 3. The van der Waals surface area contributed by atoms with Crippen molar-refractivity contribution in [1.29, 1.82) is 0 Å². The summed E-state index contributed by atoms with van der Waals surface area (Å²) in [5, 5.41) is 10.4. The van der Waals surface area contributed by atoms with E-state index in [0.717, 1.165) is 12.1 Å². The molecule has 1 aromatic carbocycles. The maximum absolute atomic E-state index is 13.8. The number of carbonyl (C=O) groups excluding carboxylic acids is 1. The molecule has 2 unspecified atom stereocenters. The van der Waals surface area contributed by atoms with Crippen LogP contribution in [0, 0.1) is 17.6 Å². The number of rotatable bonds is 3. The monoisotopic (exact) mass is 286 g/mol. The summed E-state index contributed by atoms with van der Waals surface area (Å²) in [6, 6.07) is 2.84. The SMILES string of the molecule is CC(C(=O)OC(C)(C)C)C(C)(O)c1ccc(F)cc1F. The van der Waals surface area contributed by atoms with Crippen molar-refractivity contribution in [2.45, 2.75) is 45.8 Å². The molecular formula is C15H20F2O3. The molecule has 0 aliphatic carbocycles. The zero-order valence-electron chi connectivity index (χ0n) is 12.3. The number of benzene rings is 1. The number of halogens is 2. The maximum Gasteiger partial charge on any atom is 0.312 e. The molecule has 0 aliphatic rings. The van der Waals surface area contributed by atoms with Gasteiger partial charge in [-0.3, -0.25) is 4.79 Å². The summed E-state index contributed by atoms with van der Waals surface area (Å²) in [4.78, 5) is 12.0. The van der Waals surface area contributed by atoms with Gasteiger partial charge in [-0.25, -0.2) is 8.78 Å². The molecule has 1 N–H and O–H groups in total. The topological polar surface area (TPSA) is 46.5 Å². The van der Waals surface area contributed by atoms with E-state index in [1.54, 1.807) is 20.8 Å². The van der Waals surface area contributed by atoms with Crippen molar-refractivity contribution in [2.24, 2.45) is 5.92 Å². The maximum atomic E-state index is 13.8. The molecule has 0 heterocycles. The van der Waals surface area contributed by atoms with Gasteiger partial charge in [-0.05, 0) is 40.7 Å². The Kier molecular flexibility index (Phi) is 4.54. The first-order valence-electron chi connectivity index (χ1n) is 6.36. The van der Waals surface area contributed by atoms with E-state index in [2.05, 4.69) is 0 Å². The Balaban J connectivity index is 3.06. The first-order chi connectivity index (χ1) is 8.95. The smallest absolute Gasteiger partial charge is 0.312 e. The Bertz CT molecular complexity index is 504. The van der Waals surface area contributed by atoms with Crippen LogP contribution in [-0.2, 0) is 15.1 Å². The predicted octanol–water partition coefficient (Wildman–Crippen LogP) is 3.15. The highest BCUT2D eigenvalue weighted by Gasteiger charge is 2.39. The second kappa shape index (κ2) is 5.48. The lowest BCUT2D eigenvalue weighted by molar-refractivity contribution is -0.168. The van der Waals surface area contributed by atoms with Crippen LogP contribution in [0.1, 0.15) is 40.2 Å². The van der Waals surface area contributed by atoms with Crippen molar-refractivity contribution in [3.63, 3.8) is 0 Å². The number of hydrogen-bond donors (Lipinski definition) is 1. The average Bonchev–Trinajstić information content (AvgIpc) is 2.24. The second-order valence-electron chi connectivity index (χ2n) is 6.03. The van der Waals surface area contributed by atoms with Crippen LogP contribution < -0.4 is 0 Å². The number of carbonyl (C=O) groups is 1. The van der Waals surface area contributed by atoms with Gasteiger partial charge in [-0.1, -0.05) is 6.07 Å². The number of ether oxygens (including phenoxy) is 1. The van der Waals surface area contributed by atoms with Crippen LogP contribution in [0.4, 0.5) is 8.78 Å². The van der Waals surface area contributed by atoms with Gasteiger partial charge in [-0.15, -0.1) is 0 Å². The Morgan fingerprint density at radius 1 is 1.25 bits per heavy atom. The van der Waals surface area contributed by atoms with E-state index in [4.69, 9.17) is 4.74 Å². The summed E-state index contributed by atoms with van der Waals surface area (Å²) in [5.74, 6) is -3.29. The summed E-state index contributed by atoms with van der Waals surface area (Å²) in [5.41, 5.74) is -2.64. The molecular weight excluding hydrogens is 266 g/mol. The fourth-order valence-electron chi connectivity index (χ4n) is 1.75. The van der Waals surface area contributed by atoms with Gasteiger partial charge < -0.3 is 9.84 Å². The van der Waals surface area contributed by atoms with E-state index >= 15 is 0 Å². The van der Waals surface area contributed by atoms with Gasteiger partial charge in [-0.2, -0.15) is 0 Å². The van der Waals surface area contributed by atoms with Gasteiger partial charge in [0.2, 0.25) is 0 Å². The lowest BCUT2D eigenvalue weighted by atomic mass is 9.83. The van der Waals surface area contributed by atoms with E-state index in [1.807, 2.05) is 0 Å². The highest BCUT2D eigenvalue weighted by Crippen LogP contribution is 2.33. The standard InChI is InChI=1S/C15H20F2O3/c1-9(13(18)20-14(2,3)4)15(5,19)11-7-6-10(16)8-12(11)17/h6-9,19H,1-5H3. The fourth-order valence-corrected chi connectivity index (χ4v) is 1.75. The molecule has 5 heteroatoms. The lowest BCUT2D eigenvalue weighted by Crippen LogP contribution is -2.39. The van der Waals surface area contributed by atoms with Crippen molar-refractivity contribution in [1.82, 2.24) is 0 Å². The molecule has 0 bridgehead atoms. The number of aliphatic hydroxyl groups is 1. The molecule has 0 spiro atoms. The largest absolute Gasteiger partial charge is 0.460 e. The lowest BCUT2D eigenvalue weighted by Gasteiger charge is -2.32. The molecule has 0 aliphatic heterocycles. The summed E-state index contributed by atoms with van der Waals surface area (Å²) in [6.45, 7) is 7.84. The molecule has 0 amide bonds. The van der Waals surface area contributed by atoms with Crippen LogP contribution in [-0.4, -0.2) is 16.7 Å². The van der Waals surface area contributed by atoms with E-state index < -0.39 is 34.7 Å². The average molecular weight is 286 g/mol. The minimum atomic E-state index is -1.79. The molecule has 0 saturated heterocycles. The third kappa shape index (κ3) is 3.76. The molecule has 1 aromatic rings. The van der Waals surface area contributed by atoms with Gasteiger partial charge in [0.05, 0.1) is 5.92 Å². The van der Waals surface area contributed by atoms with Crippen molar-refractivity contribution >= 4 is 5.97 Å². The van der Waals surface area contributed by atoms with E-state index in [-0.39, 0.29) is 5.56 Å². The van der Waals surface area contributed by atoms with Gasteiger partial charge in [0, 0.05) is 11.6 Å². The van der Waals surface area contributed by atoms with Gasteiger partial charge in [0.15, 0.2) is 0 Å². The molecule has 2 atom stereocenters. The van der Waals surface area contributed by atoms with Gasteiger partial charge in [0.1, 0.15) is 22.8 Å². The quantitative estimate of drug-likeness (QED) is 0.868. The fraction of sp³-hybridized carbons (Fsp3) is 0.533. The highest BCUT2D eigenvalue weighted by molar-refractivity contribution is 5.74. The minimum Gasteiger partial charge on any atom is -0.460 e. The Hall–Kier alpha value is -1.49. The third-order valence-electron chi connectivity index (χ3n) is 3.08. The Morgan fingerprint density at radius 3 is 2.25 bits per heavy atom. The minimum absolute atomic E-state index is 0.141. The molecule has 20 heavy (non-hydrogen) atoms. The van der Waals surface area contributed by atoms with Crippen molar-refractivity contribution < 1.29 is 23.4 Å². The van der Waals surface area contributed by atoms with Crippen LogP contribution in [0.5, 0.6) is 0 Å². The molecule has 0 radical (unpaired) electrons. The van der Waals surface area contributed by atoms with E-state index in [1.165, 1.54) is 13.8 Å². The van der Waals surface area contributed by atoms with Crippen molar-refractivity contribution in [3.05, 3.63) is 35.4 Å². The summed E-state index contributed by atoms with van der Waals surface area (Å²) < 4.78 is 31.8. The first kappa shape index (κ1) is 16.6. The third-order valence-corrected chi connectivity index (χ3v) is 3.08. The van der Waals surface area contributed by atoms with E-state index in [0.29, 0.717) is 6.07 Å². The number of esters is 1. The summed E-state index contributed by atoms with van der Waals surface area (Å²) >= 11 is 0. The molecule has 0 fully saturated rings. The molecule has 3 nitrogen and oxygen atoms in total. The first-order valence-corrected chi connectivity index (χ1v) is 6.36. The zero-order valence-corrected chi connectivity index (χ0v) is 12.3. The second-order valence-corrected chi connectivity index (χ2v) is 6.03. The molecule has 1 rings (SSSR count). The van der Waals surface area contributed by atoms with Gasteiger partial charge >= 0.3 is 5.97 Å². The summed E-state index contributed by atoms with van der Waals surface area (Å²) in [6.07, 6.45) is 0.